The first-order valence-electron chi connectivity index (χ1n) is 13.3. The van der Waals surface area contributed by atoms with Crippen LogP contribution in [0.3, 0.4) is 0 Å². The van der Waals surface area contributed by atoms with E-state index in [9.17, 15) is 19.2 Å². The molecule has 3 atom stereocenters. The summed E-state index contributed by atoms with van der Waals surface area (Å²) in [6.07, 6.45) is -0.729. The molecule has 0 aromatic heterocycles. The number of benzene rings is 1. The Kier molecular flexibility index (Phi) is 14.3. The van der Waals surface area contributed by atoms with Crippen molar-refractivity contribution in [2.24, 2.45) is 11.7 Å². The lowest BCUT2D eigenvalue weighted by atomic mass is 9.88. The summed E-state index contributed by atoms with van der Waals surface area (Å²) in [5.74, 6) is -0.958. The van der Waals surface area contributed by atoms with Crippen LogP contribution >= 0.6 is 0 Å². The molecule has 0 heterocycles. The number of rotatable bonds is 15. The van der Waals surface area contributed by atoms with Crippen molar-refractivity contribution in [2.45, 2.75) is 97.8 Å². The molecule has 0 aliphatic rings. The molecule has 0 bridgehead atoms. The first-order chi connectivity index (χ1) is 18.3. The molecule has 1 rings (SSSR count). The van der Waals surface area contributed by atoms with E-state index in [0.717, 1.165) is 0 Å². The first-order valence-corrected chi connectivity index (χ1v) is 13.3. The summed E-state index contributed by atoms with van der Waals surface area (Å²) in [6.45, 7) is 11.0. The van der Waals surface area contributed by atoms with E-state index >= 15 is 0 Å². The average Bonchev–Trinajstić information content (AvgIpc) is 2.87. The molecule has 2 N–H and O–H groups in total. The third kappa shape index (κ3) is 12.4. The van der Waals surface area contributed by atoms with E-state index < -0.39 is 29.9 Å². The molecule has 1 aromatic rings. The number of methoxy groups -OCH3 is 1. The summed E-state index contributed by atoms with van der Waals surface area (Å²) in [7, 11) is 1.21. The van der Waals surface area contributed by atoms with Crippen LogP contribution in [-0.2, 0) is 35.0 Å². The third-order valence-electron chi connectivity index (χ3n) is 5.99. The van der Waals surface area contributed by atoms with Crippen molar-refractivity contribution in [2.75, 3.05) is 13.7 Å². The van der Waals surface area contributed by atoms with Crippen LogP contribution in [0.2, 0.25) is 0 Å². The van der Waals surface area contributed by atoms with Crippen molar-refractivity contribution < 1.29 is 47.6 Å². The molecule has 0 aliphatic carbocycles. The lowest BCUT2D eigenvalue weighted by Crippen LogP contribution is -2.51. The molecule has 1 aromatic carbocycles. The van der Waals surface area contributed by atoms with Crippen LogP contribution in [0.1, 0.15) is 79.2 Å². The van der Waals surface area contributed by atoms with E-state index in [0.29, 0.717) is 30.7 Å². The van der Waals surface area contributed by atoms with Gasteiger partial charge in [0.2, 0.25) is 0 Å². The summed E-state index contributed by atoms with van der Waals surface area (Å²) in [5.41, 5.74) is 5.32. The third-order valence-corrected chi connectivity index (χ3v) is 5.99. The normalized spacial score (nSPS) is 14.0. The van der Waals surface area contributed by atoms with Gasteiger partial charge in [0.25, 0.3) is 0 Å². The van der Waals surface area contributed by atoms with Crippen LogP contribution in [0, 0.1) is 5.92 Å². The highest BCUT2D eigenvalue weighted by Gasteiger charge is 2.36. The molecule has 0 saturated heterocycles. The van der Waals surface area contributed by atoms with Crippen LogP contribution in [0.5, 0.6) is 11.5 Å². The molecule has 0 saturated carbocycles. The molecule has 0 aliphatic heterocycles. The quantitative estimate of drug-likeness (QED) is 0.176. The molecule has 0 amide bonds. The lowest BCUT2D eigenvalue weighted by molar-refractivity contribution is -0.151. The number of carbonyl (C=O) groups is 4. The summed E-state index contributed by atoms with van der Waals surface area (Å²) in [4.78, 5) is 49.1. The smallest absolute Gasteiger partial charge is 0.468 e. The van der Waals surface area contributed by atoms with Crippen molar-refractivity contribution in [3.63, 3.8) is 0 Å². The molecule has 1 unspecified atom stereocenters. The van der Waals surface area contributed by atoms with Crippen LogP contribution in [0.4, 0.5) is 9.59 Å². The summed E-state index contributed by atoms with van der Waals surface area (Å²) in [5, 5.41) is 0. The van der Waals surface area contributed by atoms with Gasteiger partial charge in [0.15, 0.2) is 11.5 Å². The van der Waals surface area contributed by atoms with Crippen LogP contribution in [0.25, 0.3) is 0 Å². The number of hydrogen-bond acceptors (Lipinski definition) is 11. The van der Waals surface area contributed by atoms with Gasteiger partial charge in [-0.3, -0.25) is 9.59 Å². The molecule has 220 valence electrons. The minimum absolute atomic E-state index is 0.0151. The van der Waals surface area contributed by atoms with Gasteiger partial charge in [-0.25, -0.2) is 9.59 Å². The van der Waals surface area contributed by atoms with Crippen molar-refractivity contribution in [3.05, 3.63) is 23.8 Å². The monoisotopic (exact) mass is 553 g/mol. The van der Waals surface area contributed by atoms with E-state index in [-0.39, 0.29) is 49.4 Å². The van der Waals surface area contributed by atoms with Gasteiger partial charge in [0.1, 0.15) is 17.7 Å². The fourth-order valence-electron chi connectivity index (χ4n) is 3.21. The van der Waals surface area contributed by atoms with Crippen LogP contribution < -0.4 is 15.2 Å². The largest absolute Gasteiger partial charge is 0.514 e. The van der Waals surface area contributed by atoms with E-state index in [1.54, 1.807) is 19.9 Å². The number of hydrogen-bond donors (Lipinski definition) is 1. The maximum Gasteiger partial charge on any atom is 0.514 e. The molecular formula is C28H43NO10. The SMILES string of the molecule is CCC(C)OC(=O)Oc1cc(C[C@](N)(CCOC(=O)CCC(C)C)C(=O)OC)ccc1OC(=O)O[C@@H](C)CC. The van der Waals surface area contributed by atoms with Crippen LogP contribution in [0.15, 0.2) is 18.2 Å². The summed E-state index contributed by atoms with van der Waals surface area (Å²) < 4.78 is 31.1. The predicted octanol–water partition coefficient (Wildman–Crippen LogP) is 5.10. The Morgan fingerprint density at radius 1 is 0.897 bits per heavy atom. The molecule has 11 heteroatoms. The Balaban J connectivity index is 3.14. The van der Waals surface area contributed by atoms with Gasteiger partial charge in [-0.1, -0.05) is 33.8 Å². The minimum Gasteiger partial charge on any atom is -0.468 e. The van der Waals surface area contributed by atoms with Crippen molar-refractivity contribution in [1.29, 1.82) is 0 Å². The number of ether oxygens (including phenoxy) is 6. The zero-order valence-corrected chi connectivity index (χ0v) is 24.1. The van der Waals surface area contributed by atoms with Crippen molar-refractivity contribution in [3.8, 4) is 11.5 Å². The van der Waals surface area contributed by atoms with E-state index in [4.69, 9.17) is 34.2 Å². The maximum absolute atomic E-state index is 12.6. The summed E-state index contributed by atoms with van der Waals surface area (Å²) >= 11 is 0. The Bertz CT molecular complexity index is 964. The second-order valence-electron chi connectivity index (χ2n) is 9.89. The highest BCUT2D eigenvalue weighted by atomic mass is 16.7. The minimum atomic E-state index is -1.56. The first kappa shape index (κ1) is 33.7. The van der Waals surface area contributed by atoms with Gasteiger partial charge in [0.05, 0.1) is 13.7 Å². The second-order valence-corrected chi connectivity index (χ2v) is 9.89. The second kappa shape index (κ2) is 16.6. The van der Waals surface area contributed by atoms with Crippen molar-refractivity contribution >= 4 is 24.2 Å². The van der Waals surface area contributed by atoms with E-state index in [2.05, 4.69) is 0 Å². The van der Waals surface area contributed by atoms with Gasteiger partial charge in [-0.15, -0.1) is 0 Å². The lowest BCUT2D eigenvalue weighted by Gasteiger charge is -2.27. The van der Waals surface area contributed by atoms with Gasteiger partial charge in [-0.05, 0) is 56.7 Å². The molecule has 39 heavy (non-hydrogen) atoms. The highest BCUT2D eigenvalue weighted by Crippen LogP contribution is 2.31. The molecule has 0 spiro atoms. The standard InChI is InChI=1S/C28H43NO10/c1-8-19(5)36-26(32)38-22-12-11-21(16-23(22)39-27(33)37-20(6)9-2)17-28(29,25(31)34-7)14-15-35-24(30)13-10-18(3)4/h11-12,16,18-20H,8-10,13-15,17,29H2,1-7H3/t19-,20?,28+/m0/s1. The fourth-order valence-corrected chi connectivity index (χ4v) is 3.21. The van der Waals surface area contributed by atoms with Gasteiger partial charge >= 0.3 is 24.2 Å². The Morgan fingerprint density at radius 2 is 1.46 bits per heavy atom. The number of nitrogens with two attached hydrogens (primary N) is 1. The maximum atomic E-state index is 12.6. The average molecular weight is 554 g/mol. The van der Waals surface area contributed by atoms with E-state index in [1.165, 1.54) is 19.2 Å². The molecule has 0 fully saturated rings. The van der Waals surface area contributed by atoms with Crippen LogP contribution in [-0.4, -0.2) is 55.7 Å². The summed E-state index contributed by atoms with van der Waals surface area (Å²) in [6, 6.07) is 4.35. The molecule has 0 radical (unpaired) electrons. The zero-order chi connectivity index (χ0) is 29.6. The predicted molar refractivity (Wildman–Crippen MR) is 142 cm³/mol. The fraction of sp³-hybridized carbons (Fsp3) is 0.643. The van der Waals surface area contributed by atoms with Crippen molar-refractivity contribution in [1.82, 2.24) is 0 Å². The number of esters is 2. The number of carbonyl (C=O) groups excluding carboxylic acids is 4. The van der Waals surface area contributed by atoms with Gasteiger partial charge in [-0.2, -0.15) is 0 Å². The molecular weight excluding hydrogens is 510 g/mol. The Labute approximate surface area is 230 Å². The van der Waals surface area contributed by atoms with E-state index in [1.807, 2.05) is 27.7 Å². The highest BCUT2D eigenvalue weighted by molar-refractivity contribution is 5.81. The Morgan fingerprint density at radius 3 is 1.97 bits per heavy atom. The topological polar surface area (TPSA) is 150 Å². The Hall–Kier alpha value is -3.34. The van der Waals surface area contributed by atoms with Gasteiger partial charge in [0, 0.05) is 19.3 Å². The van der Waals surface area contributed by atoms with Gasteiger partial charge < -0.3 is 34.2 Å². The molecule has 11 nitrogen and oxygen atoms in total. The zero-order valence-electron chi connectivity index (χ0n) is 24.1.